The van der Waals surface area contributed by atoms with Crippen molar-refractivity contribution in [1.82, 2.24) is 10.2 Å². The first-order valence-corrected chi connectivity index (χ1v) is 7.59. The van der Waals surface area contributed by atoms with Gasteiger partial charge in [0.1, 0.15) is 0 Å². The normalized spacial score (nSPS) is 21.7. The first-order valence-electron chi connectivity index (χ1n) is 7.59. The summed E-state index contributed by atoms with van der Waals surface area (Å²) in [6.45, 7) is 1.33. The molecular formula is C16H26N2O. The second kappa shape index (κ2) is 6.43. The molecule has 0 heterocycles. The van der Waals surface area contributed by atoms with E-state index in [4.69, 9.17) is 6.42 Å². The van der Waals surface area contributed by atoms with Crippen molar-refractivity contribution in [2.24, 2.45) is 5.92 Å². The highest BCUT2D eigenvalue weighted by atomic mass is 16.2. The molecule has 0 bridgehead atoms. The van der Waals surface area contributed by atoms with Gasteiger partial charge < -0.3 is 10.2 Å². The average Bonchev–Trinajstić information content (AvgIpc) is 3.23. The lowest BCUT2D eigenvalue weighted by molar-refractivity contribution is -0.132. The van der Waals surface area contributed by atoms with Gasteiger partial charge in [0.2, 0.25) is 5.91 Å². The highest BCUT2D eigenvalue weighted by Crippen LogP contribution is 2.33. The van der Waals surface area contributed by atoms with Gasteiger partial charge in [-0.15, -0.1) is 6.42 Å². The van der Waals surface area contributed by atoms with E-state index in [0.29, 0.717) is 18.9 Å². The number of rotatable bonds is 6. The van der Waals surface area contributed by atoms with Gasteiger partial charge in [0.25, 0.3) is 0 Å². The van der Waals surface area contributed by atoms with E-state index < -0.39 is 0 Å². The highest BCUT2D eigenvalue weighted by Gasteiger charge is 2.35. The number of carbonyl (C=O) groups excluding carboxylic acids is 1. The summed E-state index contributed by atoms with van der Waals surface area (Å²) in [7, 11) is 1.99. The lowest BCUT2D eigenvalue weighted by Crippen LogP contribution is -2.49. The van der Waals surface area contributed by atoms with Crippen molar-refractivity contribution < 1.29 is 4.79 Å². The standard InChI is InChI=1S/C16H26N2O/c1-3-11-18(13-14-7-8-14)15(19)12-16(17-2)9-5-4-6-10-16/h1,14,17H,4-13H2,2H3. The van der Waals surface area contributed by atoms with Gasteiger partial charge in [0, 0.05) is 18.5 Å². The fourth-order valence-electron chi connectivity index (χ4n) is 3.12. The Morgan fingerprint density at radius 1 is 1.37 bits per heavy atom. The number of amides is 1. The Bertz CT molecular complexity index is 348. The minimum atomic E-state index is 0.0196. The molecule has 3 nitrogen and oxygen atoms in total. The van der Waals surface area contributed by atoms with Gasteiger partial charge in [-0.2, -0.15) is 0 Å². The number of terminal acetylenes is 1. The molecule has 2 aliphatic rings. The monoisotopic (exact) mass is 262 g/mol. The Morgan fingerprint density at radius 2 is 2.05 bits per heavy atom. The molecule has 2 saturated carbocycles. The van der Waals surface area contributed by atoms with Crippen molar-refractivity contribution in [2.45, 2.75) is 56.9 Å². The summed E-state index contributed by atoms with van der Waals surface area (Å²) in [5.41, 5.74) is 0.0196. The second-order valence-corrected chi connectivity index (χ2v) is 6.19. The molecule has 1 N–H and O–H groups in total. The maximum absolute atomic E-state index is 12.5. The van der Waals surface area contributed by atoms with E-state index in [1.54, 1.807) is 0 Å². The third kappa shape index (κ3) is 3.98. The molecule has 1 amide bonds. The Morgan fingerprint density at radius 3 is 2.58 bits per heavy atom. The zero-order chi connectivity index (χ0) is 13.7. The topological polar surface area (TPSA) is 32.3 Å². The predicted molar refractivity (Wildman–Crippen MR) is 77.6 cm³/mol. The maximum atomic E-state index is 12.5. The number of hydrogen-bond donors (Lipinski definition) is 1. The second-order valence-electron chi connectivity index (χ2n) is 6.19. The first kappa shape index (κ1) is 14.4. The molecule has 0 aliphatic heterocycles. The molecule has 0 unspecified atom stereocenters. The van der Waals surface area contributed by atoms with Crippen molar-refractivity contribution in [3.05, 3.63) is 0 Å². The molecule has 2 rings (SSSR count). The fourth-order valence-corrected chi connectivity index (χ4v) is 3.12. The van der Waals surface area contributed by atoms with Crippen LogP contribution < -0.4 is 5.32 Å². The molecular weight excluding hydrogens is 236 g/mol. The van der Waals surface area contributed by atoms with Crippen LogP contribution in [-0.2, 0) is 4.79 Å². The molecule has 0 aromatic rings. The van der Waals surface area contributed by atoms with Crippen molar-refractivity contribution in [3.8, 4) is 12.3 Å². The summed E-state index contributed by atoms with van der Waals surface area (Å²) in [5, 5.41) is 3.42. The zero-order valence-electron chi connectivity index (χ0n) is 12.1. The van der Waals surface area contributed by atoms with Crippen molar-refractivity contribution in [2.75, 3.05) is 20.1 Å². The third-order valence-electron chi connectivity index (χ3n) is 4.64. The molecule has 0 aromatic heterocycles. The van der Waals surface area contributed by atoms with Gasteiger partial charge >= 0.3 is 0 Å². The van der Waals surface area contributed by atoms with Gasteiger partial charge in [-0.05, 0) is 38.6 Å². The van der Waals surface area contributed by atoms with Crippen LogP contribution in [0.1, 0.15) is 51.4 Å². The van der Waals surface area contributed by atoms with Crippen molar-refractivity contribution >= 4 is 5.91 Å². The lowest BCUT2D eigenvalue weighted by atomic mass is 9.79. The van der Waals surface area contributed by atoms with Gasteiger partial charge in [-0.1, -0.05) is 25.2 Å². The van der Waals surface area contributed by atoms with E-state index in [0.717, 1.165) is 19.4 Å². The maximum Gasteiger partial charge on any atom is 0.225 e. The summed E-state index contributed by atoms with van der Waals surface area (Å²) in [4.78, 5) is 14.4. The van der Waals surface area contributed by atoms with Crippen LogP contribution in [0.25, 0.3) is 0 Å². The molecule has 2 aliphatic carbocycles. The van der Waals surface area contributed by atoms with Crippen LogP contribution in [0, 0.1) is 18.3 Å². The molecule has 106 valence electrons. The van der Waals surface area contributed by atoms with Crippen molar-refractivity contribution in [3.63, 3.8) is 0 Å². The summed E-state index contributed by atoms with van der Waals surface area (Å²) in [5.74, 6) is 3.57. The van der Waals surface area contributed by atoms with Crippen LogP contribution in [0.2, 0.25) is 0 Å². The van der Waals surface area contributed by atoms with Crippen LogP contribution in [0.3, 0.4) is 0 Å². The SMILES string of the molecule is C#CCN(CC1CC1)C(=O)CC1(NC)CCCCC1. The smallest absolute Gasteiger partial charge is 0.225 e. The predicted octanol–water partition coefficient (Wildman–Crippen LogP) is 2.17. The van der Waals surface area contributed by atoms with Gasteiger partial charge in [0.15, 0.2) is 0 Å². The zero-order valence-corrected chi connectivity index (χ0v) is 12.1. The Kier molecular flexibility index (Phi) is 4.87. The minimum absolute atomic E-state index is 0.0196. The molecule has 3 heteroatoms. The summed E-state index contributed by atoms with van der Waals surface area (Å²) in [6, 6.07) is 0. The van der Waals surface area contributed by atoms with E-state index in [1.807, 2.05) is 11.9 Å². The molecule has 0 spiro atoms. The van der Waals surface area contributed by atoms with Crippen LogP contribution in [0.15, 0.2) is 0 Å². The van der Waals surface area contributed by atoms with E-state index in [1.165, 1.54) is 32.1 Å². The molecule has 19 heavy (non-hydrogen) atoms. The van der Waals surface area contributed by atoms with Gasteiger partial charge in [-0.3, -0.25) is 4.79 Å². The van der Waals surface area contributed by atoms with Gasteiger partial charge in [0.05, 0.1) is 6.54 Å². The van der Waals surface area contributed by atoms with E-state index in [9.17, 15) is 4.79 Å². The van der Waals surface area contributed by atoms with E-state index in [-0.39, 0.29) is 11.4 Å². The van der Waals surface area contributed by atoms with E-state index in [2.05, 4.69) is 11.2 Å². The molecule has 0 atom stereocenters. The largest absolute Gasteiger partial charge is 0.331 e. The summed E-state index contributed by atoms with van der Waals surface area (Å²) < 4.78 is 0. The Balaban J connectivity index is 1.93. The quantitative estimate of drug-likeness (QED) is 0.744. The fraction of sp³-hybridized carbons (Fsp3) is 0.812. The lowest BCUT2D eigenvalue weighted by Gasteiger charge is -2.38. The van der Waals surface area contributed by atoms with Gasteiger partial charge in [-0.25, -0.2) is 0 Å². The number of nitrogens with one attached hydrogen (secondary N) is 1. The number of nitrogens with zero attached hydrogens (tertiary/aromatic N) is 1. The summed E-state index contributed by atoms with van der Waals surface area (Å²) in [6.07, 6.45) is 14.5. The van der Waals surface area contributed by atoms with Crippen LogP contribution >= 0.6 is 0 Å². The van der Waals surface area contributed by atoms with Crippen LogP contribution in [-0.4, -0.2) is 36.5 Å². The molecule has 2 fully saturated rings. The Labute approximate surface area is 117 Å². The third-order valence-corrected chi connectivity index (χ3v) is 4.64. The minimum Gasteiger partial charge on any atom is -0.331 e. The van der Waals surface area contributed by atoms with Crippen LogP contribution in [0.5, 0.6) is 0 Å². The molecule has 0 aromatic carbocycles. The summed E-state index contributed by atoms with van der Waals surface area (Å²) >= 11 is 0. The highest BCUT2D eigenvalue weighted by molar-refractivity contribution is 5.77. The van der Waals surface area contributed by atoms with E-state index >= 15 is 0 Å². The van der Waals surface area contributed by atoms with Crippen molar-refractivity contribution in [1.29, 1.82) is 0 Å². The average molecular weight is 262 g/mol. The Hall–Kier alpha value is -1.01. The number of hydrogen-bond acceptors (Lipinski definition) is 2. The number of carbonyl (C=O) groups is 1. The first-order chi connectivity index (χ1) is 9.19. The molecule has 0 radical (unpaired) electrons. The van der Waals surface area contributed by atoms with Crippen LogP contribution in [0.4, 0.5) is 0 Å². The molecule has 0 saturated heterocycles.